The second-order valence-corrected chi connectivity index (χ2v) is 24.5. The van der Waals surface area contributed by atoms with Gasteiger partial charge in [-0.25, -0.2) is 24.5 Å². The van der Waals surface area contributed by atoms with E-state index in [0.717, 1.165) is 43.9 Å². The Morgan fingerprint density at radius 2 is 1.58 bits per heavy atom. The number of amides is 3. The van der Waals surface area contributed by atoms with Gasteiger partial charge in [0.25, 0.3) is 5.91 Å². The second-order valence-electron chi connectivity index (χ2n) is 21.8. The Balaban J connectivity index is 0.740. The van der Waals surface area contributed by atoms with E-state index in [2.05, 4.69) is 32.5 Å². The number of anilines is 3. The zero-order chi connectivity index (χ0) is 62.4. The number of rotatable bonds is 20. The minimum atomic E-state index is -2.39. The molecule has 0 spiro atoms. The van der Waals surface area contributed by atoms with Crippen LogP contribution < -0.4 is 20.3 Å². The summed E-state index contributed by atoms with van der Waals surface area (Å²) in [6.45, 7) is 6.87. The molecule has 3 amide bonds. The molecule has 23 nitrogen and oxygen atoms in total. The molecule has 2 aliphatic carbocycles. The third kappa shape index (κ3) is 13.7. The summed E-state index contributed by atoms with van der Waals surface area (Å²) < 4.78 is 28.9. The molecule has 2 fully saturated rings. The van der Waals surface area contributed by atoms with Crippen molar-refractivity contribution >= 4 is 74.4 Å². The highest BCUT2D eigenvalue weighted by molar-refractivity contribution is 8.76. The summed E-state index contributed by atoms with van der Waals surface area (Å²) in [5.41, 5.74) is 0.175. The highest BCUT2D eigenvalue weighted by atomic mass is 33.1. The molecule has 0 saturated carbocycles. The zero-order valence-electron chi connectivity index (χ0n) is 48.7. The van der Waals surface area contributed by atoms with Crippen molar-refractivity contribution in [1.29, 1.82) is 0 Å². The lowest BCUT2D eigenvalue weighted by molar-refractivity contribution is -0.249. The number of aromatic hydroxyl groups is 2. The van der Waals surface area contributed by atoms with Gasteiger partial charge in [-0.3, -0.25) is 24.1 Å². The van der Waals surface area contributed by atoms with Crippen LogP contribution in [0.2, 0.25) is 0 Å². The van der Waals surface area contributed by atoms with Gasteiger partial charge in [0.05, 0.1) is 53.4 Å². The van der Waals surface area contributed by atoms with Crippen molar-refractivity contribution in [2.75, 3.05) is 81.9 Å². The molecule has 462 valence electrons. The number of Topliss-reactive ketones (excluding diaryl/α,β-unsaturated/α-hetero) is 1. The summed E-state index contributed by atoms with van der Waals surface area (Å²) in [5, 5.41) is 62.0. The molecular weight excluding hydrogens is 1170 g/mol. The molecule has 0 bridgehead atoms. The largest absolute Gasteiger partial charge is 0.507 e. The molecule has 6 aromatic rings. The van der Waals surface area contributed by atoms with Crippen molar-refractivity contribution in [3.05, 3.63) is 153 Å². The number of fused-ring (bicyclic) bond motifs is 3. The van der Waals surface area contributed by atoms with E-state index in [1.807, 2.05) is 49.4 Å². The van der Waals surface area contributed by atoms with E-state index in [1.54, 1.807) is 42.6 Å². The molecule has 25 heteroatoms. The lowest BCUT2D eigenvalue weighted by atomic mass is 9.72. The lowest BCUT2D eigenvalue weighted by Gasteiger charge is -2.42. The number of carbonyl (C=O) groups excluding carboxylic acids is 6. The van der Waals surface area contributed by atoms with Gasteiger partial charge >= 0.3 is 12.2 Å². The molecule has 1 aromatic heterocycles. The molecule has 3 heterocycles. The fourth-order valence-electron chi connectivity index (χ4n) is 11.2. The Bertz CT molecular complexity index is 3610. The number of nitrogens with one attached hydrogen (secondary N) is 2. The summed E-state index contributed by atoms with van der Waals surface area (Å²) in [7, 11) is 6.11. The van der Waals surface area contributed by atoms with E-state index < -0.39 is 108 Å². The Morgan fingerprint density at radius 3 is 2.30 bits per heavy atom. The number of ether oxygens (including phenoxy) is 5. The van der Waals surface area contributed by atoms with Gasteiger partial charge in [-0.15, -0.1) is 0 Å². The number of piperazine rings is 1. The van der Waals surface area contributed by atoms with Crippen LogP contribution in [-0.2, 0) is 36.7 Å². The van der Waals surface area contributed by atoms with E-state index >= 15 is 0 Å². The number of aromatic nitrogens is 2. The average molecular weight is 1240 g/mol. The van der Waals surface area contributed by atoms with Gasteiger partial charge in [-0.2, -0.15) is 0 Å². The zero-order valence-corrected chi connectivity index (χ0v) is 50.3. The number of phenols is 2. The highest BCUT2D eigenvalue weighted by Gasteiger charge is 2.50. The summed E-state index contributed by atoms with van der Waals surface area (Å²) in [4.78, 5) is 97.4. The van der Waals surface area contributed by atoms with E-state index in [4.69, 9.17) is 28.7 Å². The second kappa shape index (κ2) is 27.6. The van der Waals surface area contributed by atoms with Crippen molar-refractivity contribution in [2.24, 2.45) is 0 Å². The van der Waals surface area contributed by atoms with Crippen molar-refractivity contribution in [2.45, 2.75) is 75.9 Å². The first-order valence-electron chi connectivity index (χ1n) is 28.5. The first-order chi connectivity index (χ1) is 42.4. The van der Waals surface area contributed by atoms with E-state index in [1.165, 1.54) is 58.7 Å². The first kappa shape index (κ1) is 63.1. The minimum absolute atomic E-state index is 0.0376. The molecule has 0 radical (unpaired) electrons. The Hall–Kier alpha value is -7.98. The number of aryl methyl sites for hydroxylation is 1. The summed E-state index contributed by atoms with van der Waals surface area (Å²) in [6.07, 6.45) is -6.75. The number of nitrogens with zero attached hydrogens (tertiary/aromatic N) is 5. The smallest absolute Gasteiger partial charge is 0.421 e. The van der Waals surface area contributed by atoms with Gasteiger partial charge in [0, 0.05) is 103 Å². The molecule has 4 aliphatic rings. The van der Waals surface area contributed by atoms with Crippen LogP contribution in [0.4, 0.5) is 26.9 Å². The monoisotopic (exact) mass is 1240 g/mol. The van der Waals surface area contributed by atoms with Crippen LogP contribution in [0, 0.1) is 6.92 Å². The lowest BCUT2D eigenvalue weighted by Crippen LogP contribution is -2.56. The molecule has 2 aliphatic heterocycles. The number of hydrogen-bond acceptors (Lipinski definition) is 22. The van der Waals surface area contributed by atoms with E-state index in [9.17, 15) is 54.3 Å². The Kier molecular flexibility index (Phi) is 19.8. The van der Waals surface area contributed by atoms with Crippen LogP contribution in [0.25, 0.3) is 11.3 Å². The maximum atomic E-state index is 14.2. The van der Waals surface area contributed by atoms with E-state index in [0.29, 0.717) is 39.7 Å². The topological polar surface area (TPSA) is 309 Å². The minimum Gasteiger partial charge on any atom is -0.507 e. The number of benzene rings is 5. The van der Waals surface area contributed by atoms with Crippen molar-refractivity contribution in [3.8, 4) is 28.5 Å². The molecule has 6 atom stereocenters. The number of phenolic OH excluding ortho intramolecular Hbond substituents is 2. The summed E-state index contributed by atoms with van der Waals surface area (Å²) in [6, 6.07) is 27.1. The fraction of sp³-hybridized carbons (Fsp3) is 0.365. The number of carbonyl (C=O) groups is 6. The first-order valence-corrected chi connectivity index (χ1v) is 31.0. The van der Waals surface area contributed by atoms with Crippen LogP contribution in [0.5, 0.6) is 17.2 Å². The molecule has 5 aromatic carbocycles. The summed E-state index contributed by atoms with van der Waals surface area (Å²) >= 11 is 0. The molecule has 7 N–H and O–H groups in total. The Labute approximate surface area is 514 Å². The van der Waals surface area contributed by atoms with Gasteiger partial charge in [-0.05, 0) is 68.4 Å². The molecule has 2 saturated heterocycles. The maximum absolute atomic E-state index is 14.2. The number of aliphatic hydroxyl groups is 3. The number of likely N-dealkylation sites (N-methyl/N-ethyl adjacent to an activating group) is 1. The van der Waals surface area contributed by atoms with Gasteiger partial charge in [-0.1, -0.05) is 82.3 Å². The van der Waals surface area contributed by atoms with Crippen LogP contribution in [-0.4, -0.2) is 183 Å². The van der Waals surface area contributed by atoms with Crippen LogP contribution in [0.15, 0.2) is 103 Å². The standard InChI is InChI=1S/C63H67N7O16S2/c1-35-13-18-40(65-59(78)39-16-14-37(15-17-39)33-69-23-21-68(3)22-24-69)29-45(35)70(60-64-20-19-43(66-60)38-9-6-5-7-10-38)62(80)84-26-28-88-87-27-25-83-61(79)67-44-30-49(85-36(2)54(44)73)86-47-32-63(81,48(72)34-71)31-42-51(47)58(77)53-52(56(42)75)55(74)41-11-8-12-46(82-4)50(41)57(53)76/h5-20,29,36,44,47,49,54,71,73,75,77,81H,21-28,30-34H2,1-4H3,(H,65,78)(H,67,79)/t36?,44?,47-,49?,54?,63-/m0/s1. The molecule has 10 rings (SSSR count). The number of methoxy groups -OCH3 is 1. The Morgan fingerprint density at radius 1 is 0.864 bits per heavy atom. The quantitative estimate of drug-likeness (QED) is 0.0232. The molecule has 88 heavy (non-hydrogen) atoms. The number of aliphatic hydroxyl groups excluding tert-OH is 2. The predicted molar refractivity (Wildman–Crippen MR) is 326 cm³/mol. The number of ketones is 3. The number of hydrogen-bond donors (Lipinski definition) is 7. The third-order valence-electron chi connectivity index (χ3n) is 16.0. The van der Waals surface area contributed by atoms with Gasteiger partial charge in [0.1, 0.15) is 48.8 Å². The number of alkyl carbamates (subject to hydrolysis) is 1. The van der Waals surface area contributed by atoms with E-state index in [-0.39, 0.29) is 59.5 Å². The normalized spacial score (nSPS) is 20.9. The van der Waals surface area contributed by atoms with Gasteiger partial charge in [0.15, 0.2) is 17.9 Å². The van der Waals surface area contributed by atoms with Gasteiger partial charge in [0.2, 0.25) is 11.7 Å². The van der Waals surface area contributed by atoms with Gasteiger partial charge < -0.3 is 64.8 Å². The van der Waals surface area contributed by atoms with Crippen molar-refractivity contribution in [3.63, 3.8) is 0 Å². The fourth-order valence-corrected chi connectivity index (χ4v) is 12.9. The van der Waals surface area contributed by atoms with Crippen molar-refractivity contribution < 1.29 is 78.0 Å². The highest BCUT2D eigenvalue weighted by Crippen LogP contribution is 2.53. The molecular formula is C63H67N7O16S2. The van der Waals surface area contributed by atoms with Crippen LogP contribution >= 0.6 is 21.6 Å². The third-order valence-corrected chi connectivity index (χ3v) is 18.3. The van der Waals surface area contributed by atoms with Crippen molar-refractivity contribution in [1.82, 2.24) is 25.1 Å². The predicted octanol–water partition coefficient (Wildman–Crippen LogP) is 6.89. The summed E-state index contributed by atoms with van der Waals surface area (Å²) in [5.74, 6) is -3.88. The SMILES string of the molecule is COc1cccc2c1C(=O)c1c(O)c3c(c(O)c1C2=O)C[C@@](O)(C(=O)CO)C[C@@H]3OC1CC(NC(=O)OCCSSCCOC(=O)N(c2nccc(-c3ccccc3)n2)c2cc(NC(=O)c3ccc(CN4CCN(C)CC4)cc3)ccc2C)C(O)C(C)O1. The van der Waals surface area contributed by atoms with Crippen LogP contribution in [0.3, 0.4) is 0 Å². The molecule has 4 unspecified atom stereocenters. The van der Waals surface area contributed by atoms with Crippen LogP contribution in [0.1, 0.15) is 90.3 Å². The maximum Gasteiger partial charge on any atom is 0.421 e. The average Bonchev–Trinajstić information content (AvgIpc) is 0.758.